The molecule has 0 bridgehead atoms. The summed E-state index contributed by atoms with van der Waals surface area (Å²) in [5, 5.41) is 0. The van der Waals surface area contributed by atoms with Gasteiger partial charge in [0.2, 0.25) is 0 Å². The Kier molecular flexibility index (Phi) is 4.00. The van der Waals surface area contributed by atoms with Gasteiger partial charge < -0.3 is 19.2 Å². The number of halogens is 3. The van der Waals surface area contributed by atoms with E-state index in [1.807, 2.05) is 0 Å². The van der Waals surface area contributed by atoms with Crippen molar-refractivity contribution in [3.05, 3.63) is 12.4 Å². The first kappa shape index (κ1) is 13.1. The van der Waals surface area contributed by atoms with Crippen LogP contribution in [0.4, 0.5) is 13.2 Å². The van der Waals surface area contributed by atoms with Crippen molar-refractivity contribution in [1.29, 1.82) is 0 Å². The van der Waals surface area contributed by atoms with E-state index in [9.17, 15) is 13.2 Å². The number of hydrogen-bond acceptors (Lipinski definition) is 3. The summed E-state index contributed by atoms with van der Waals surface area (Å²) in [6.07, 6.45) is 0.888. The van der Waals surface area contributed by atoms with E-state index in [1.54, 1.807) is 0 Å². The van der Waals surface area contributed by atoms with Gasteiger partial charge in [-0.15, -0.1) is 6.20 Å². The van der Waals surface area contributed by atoms with E-state index in [-0.39, 0.29) is 17.6 Å². The lowest BCUT2D eigenvalue weighted by Crippen LogP contribution is -2.26. The average Bonchev–Trinajstić information content (AvgIpc) is 2.74. The third kappa shape index (κ3) is 3.83. The van der Waals surface area contributed by atoms with Crippen molar-refractivity contribution < 1.29 is 27.4 Å². The van der Waals surface area contributed by atoms with Crippen molar-refractivity contribution in [3.8, 4) is 11.5 Å². The molecule has 102 valence electrons. The summed E-state index contributed by atoms with van der Waals surface area (Å²) in [7, 11) is 0. The number of nitrogens with one attached hydrogen (secondary N) is 1. The highest BCUT2D eigenvalue weighted by molar-refractivity contribution is 5.36. The lowest BCUT2D eigenvalue weighted by Gasteiger charge is -2.27. The molecule has 7 heteroatoms. The Balaban J connectivity index is 1.90. The minimum atomic E-state index is -4.37. The molecular formula is C11H13F3NO3-. The topological polar surface area (TPSA) is 43.5 Å². The number of rotatable bonds is 4. The number of aromatic nitrogens is 1. The molecule has 0 saturated carbocycles. The molecular weight excluding hydrogens is 251 g/mol. The highest BCUT2D eigenvalue weighted by atomic mass is 19.4. The Morgan fingerprint density at radius 3 is 2.78 bits per heavy atom. The van der Waals surface area contributed by atoms with E-state index in [2.05, 4.69) is 15.9 Å². The molecule has 1 aromatic heterocycles. The molecule has 0 aromatic carbocycles. The molecule has 0 aliphatic carbocycles. The Bertz CT molecular complexity index is 372. The maximum Gasteiger partial charge on any atom is 0.422 e. The van der Waals surface area contributed by atoms with Gasteiger partial charge in [0.15, 0.2) is 6.61 Å². The first-order valence-electron chi connectivity index (χ1n) is 5.57. The highest BCUT2D eigenvalue weighted by Gasteiger charge is 2.28. The van der Waals surface area contributed by atoms with Crippen molar-refractivity contribution >= 4 is 0 Å². The summed E-state index contributed by atoms with van der Waals surface area (Å²) in [6.45, 7) is -0.166. The van der Waals surface area contributed by atoms with Crippen molar-refractivity contribution in [2.45, 2.75) is 25.1 Å². The molecule has 1 saturated heterocycles. The fourth-order valence-corrected chi connectivity index (χ4v) is 1.62. The molecule has 0 atom stereocenters. The fourth-order valence-electron chi connectivity index (χ4n) is 1.62. The molecule has 0 amide bonds. The van der Waals surface area contributed by atoms with Crippen LogP contribution in [0.1, 0.15) is 12.8 Å². The monoisotopic (exact) mass is 264 g/mol. The second-order valence-electron chi connectivity index (χ2n) is 3.94. The Labute approximate surface area is 102 Å². The van der Waals surface area contributed by atoms with Gasteiger partial charge in [-0.25, -0.2) is 0 Å². The first-order chi connectivity index (χ1) is 8.54. The predicted molar refractivity (Wildman–Crippen MR) is 55.6 cm³/mol. The zero-order chi connectivity index (χ0) is 13.0. The van der Waals surface area contributed by atoms with E-state index in [0.717, 1.165) is 0 Å². The SMILES string of the molecule is FC(F)(F)COc1[c-][nH]cc1OC1CCOCC1. The molecule has 1 aliphatic heterocycles. The molecule has 0 unspecified atom stereocenters. The van der Waals surface area contributed by atoms with Crippen LogP contribution in [0.15, 0.2) is 6.20 Å². The zero-order valence-electron chi connectivity index (χ0n) is 9.55. The highest BCUT2D eigenvalue weighted by Crippen LogP contribution is 2.30. The lowest BCUT2D eigenvalue weighted by molar-refractivity contribution is -0.153. The van der Waals surface area contributed by atoms with Gasteiger partial charge in [0.05, 0.1) is 25.1 Å². The zero-order valence-corrected chi connectivity index (χ0v) is 9.55. The molecule has 0 radical (unpaired) electrons. The molecule has 0 spiro atoms. The van der Waals surface area contributed by atoms with Gasteiger partial charge in [0.25, 0.3) is 0 Å². The normalized spacial score (nSPS) is 17.7. The van der Waals surface area contributed by atoms with Gasteiger partial charge in [-0.3, -0.25) is 0 Å². The Hall–Kier alpha value is -1.37. The van der Waals surface area contributed by atoms with Crippen molar-refractivity contribution in [2.24, 2.45) is 0 Å². The Morgan fingerprint density at radius 2 is 2.11 bits per heavy atom. The van der Waals surface area contributed by atoms with Crippen molar-refractivity contribution in [2.75, 3.05) is 19.8 Å². The van der Waals surface area contributed by atoms with E-state index in [1.165, 1.54) is 6.20 Å². The van der Waals surface area contributed by atoms with Crippen LogP contribution < -0.4 is 9.47 Å². The molecule has 2 rings (SSSR count). The number of H-pyrrole nitrogens is 1. The van der Waals surface area contributed by atoms with Crippen LogP contribution in [0.3, 0.4) is 0 Å². The van der Waals surface area contributed by atoms with E-state index in [0.29, 0.717) is 26.1 Å². The van der Waals surface area contributed by atoms with Gasteiger partial charge in [-0.2, -0.15) is 13.2 Å². The van der Waals surface area contributed by atoms with Crippen molar-refractivity contribution in [3.63, 3.8) is 0 Å². The van der Waals surface area contributed by atoms with Gasteiger partial charge >= 0.3 is 6.18 Å². The second-order valence-corrected chi connectivity index (χ2v) is 3.94. The summed E-state index contributed by atoms with van der Waals surface area (Å²) in [6, 6.07) is 0. The summed E-state index contributed by atoms with van der Waals surface area (Å²) in [5.74, 6) is 0.213. The predicted octanol–water partition coefficient (Wildman–Crippen LogP) is 2.31. The first-order valence-corrected chi connectivity index (χ1v) is 5.57. The van der Waals surface area contributed by atoms with Crippen molar-refractivity contribution in [1.82, 2.24) is 4.98 Å². The van der Waals surface area contributed by atoms with Gasteiger partial charge in [0, 0.05) is 18.6 Å². The fraction of sp³-hybridized carbons (Fsp3) is 0.636. The maximum absolute atomic E-state index is 12.0. The minimum absolute atomic E-state index is 0.0428. The molecule has 1 aliphatic rings. The van der Waals surface area contributed by atoms with Crippen LogP contribution in [0, 0.1) is 6.20 Å². The van der Waals surface area contributed by atoms with Gasteiger partial charge in [-0.1, -0.05) is 6.20 Å². The summed E-state index contributed by atoms with van der Waals surface area (Å²) < 4.78 is 51.4. The Morgan fingerprint density at radius 1 is 1.39 bits per heavy atom. The molecule has 18 heavy (non-hydrogen) atoms. The largest absolute Gasteiger partial charge is 0.554 e. The quantitative estimate of drug-likeness (QED) is 0.849. The van der Waals surface area contributed by atoms with Crippen LogP contribution in [0.25, 0.3) is 0 Å². The standard InChI is InChI=1S/C11H13F3NO3/c12-11(13,14)7-17-9-5-15-6-10(9)18-8-1-3-16-4-2-8/h6,8,15H,1-4,7H2/q-1. The number of alkyl halides is 3. The van der Waals surface area contributed by atoms with Gasteiger partial charge in [0.1, 0.15) is 0 Å². The second kappa shape index (κ2) is 5.51. The van der Waals surface area contributed by atoms with Gasteiger partial charge in [-0.05, 0) is 0 Å². The third-order valence-corrected chi connectivity index (χ3v) is 2.45. The lowest BCUT2D eigenvalue weighted by atomic mass is 10.1. The third-order valence-electron chi connectivity index (χ3n) is 2.45. The minimum Gasteiger partial charge on any atom is -0.554 e. The molecule has 2 heterocycles. The summed E-state index contributed by atoms with van der Waals surface area (Å²) in [4.78, 5) is 2.55. The van der Waals surface area contributed by atoms with Crippen LogP contribution in [-0.2, 0) is 4.74 Å². The van der Waals surface area contributed by atoms with Crippen LogP contribution in [0.2, 0.25) is 0 Å². The van der Waals surface area contributed by atoms with Crippen LogP contribution in [-0.4, -0.2) is 37.1 Å². The maximum atomic E-state index is 12.0. The van der Waals surface area contributed by atoms with E-state index >= 15 is 0 Å². The number of ether oxygens (including phenoxy) is 3. The van der Waals surface area contributed by atoms with Crippen LogP contribution in [0.5, 0.6) is 11.5 Å². The van der Waals surface area contributed by atoms with E-state index < -0.39 is 12.8 Å². The summed E-state index contributed by atoms with van der Waals surface area (Å²) >= 11 is 0. The molecule has 4 nitrogen and oxygen atoms in total. The van der Waals surface area contributed by atoms with E-state index in [4.69, 9.17) is 9.47 Å². The number of aromatic amines is 1. The van der Waals surface area contributed by atoms with Crippen LogP contribution >= 0.6 is 0 Å². The average molecular weight is 264 g/mol. The molecule has 1 N–H and O–H groups in total. The molecule has 1 fully saturated rings. The smallest absolute Gasteiger partial charge is 0.422 e. The summed E-state index contributed by atoms with van der Waals surface area (Å²) in [5.41, 5.74) is 0. The molecule has 1 aromatic rings. The number of hydrogen-bond donors (Lipinski definition) is 1.